The van der Waals surface area contributed by atoms with Gasteiger partial charge in [0.1, 0.15) is 5.52 Å². The normalized spacial score (nSPS) is 21.1. The highest BCUT2D eigenvalue weighted by molar-refractivity contribution is 5.72. The Hall–Kier alpha value is -1.43. The molecule has 0 spiro atoms. The van der Waals surface area contributed by atoms with Gasteiger partial charge in [0.15, 0.2) is 11.5 Å². The van der Waals surface area contributed by atoms with Gasteiger partial charge in [0.05, 0.1) is 18.8 Å². The molecule has 2 aromatic rings. The predicted octanol–water partition coefficient (Wildman–Crippen LogP) is 2.79. The molecule has 2 atom stereocenters. The lowest BCUT2D eigenvalue weighted by Crippen LogP contribution is -2.41. The van der Waals surface area contributed by atoms with Crippen LogP contribution >= 0.6 is 0 Å². The van der Waals surface area contributed by atoms with Crippen LogP contribution in [0.2, 0.25) is 0 Å². The van der Waals surface area contributed by atoms with E-state index < -0.39 is 6.10 Å². The standard InChI is InChI=1S/C18H26N2O3/c1-13(2)22-12-15(21)11-20-9-5-6-14(10-20)18-19-16-7-3-4-8-17(16)23-18/h3-4,7-8,13-15,21H,5-6,9-12H2,1-2H3. The summed E-state index contributed by atoms with van der Waals surface area (Å²) in [6.45, 7) is 6.89. The number of aliphatic hydroxyl groups excluding tert-OH is 1. The average molecular weight is 318 g/mol. The molecule has 1 fully saturated rings. The smallest absolute Gasteiger partial charge is 0.199 e. The van der Waals surface area contributed by atoms with E-state index in [0.29, 0.717) is 19.1 Å². The van der Waals surface area contributed by atoms with Crippen LogP contribution in [0.15, 0.2) is 28.7 Å². The van der Waals surface area contributed by atoms with Crippen molar-refractivity contribution in [1.29, 1.82) is 0 Å². The SMILES string of the molecule is CC(C)OCC(O)CN1CCCC(c2nc3ccccc3o2)C1. The van der Waals surface area contributed by atoms with Crippen molar-refractivity contribution in [2.75, 3.05) is 26.2 Å². The first kappa shape index (κ1) is 16.4. The molecule has 2 heterocycles. The van der Waals surface area contributed by atoms with E-state index in [9.17, 15) is 5.11 Å². The number of hydrogen-bond acceptors (Lipinski definition) is 5. The molecule has 0 radical (unpaired) electrons. The fourth-order valence-electron chi connectivity index (χ4n) is 3.14. The van der Waals surface area contributed by atoms with Gasteiger partial charge >= 0.3 is 0 Å². The van der Waals surface area contributed by atoms with E-state index in [1.54, 1.807) is 0 Å². The third-order valence-corrected chi connectivity index (χ3v) is 4.26. The molecule has 0 aliphatic carbocycles. The highest BCUT2D eigenvalue weighted by atomic mass is 16.5. The molecule has 3 rings (SSSR count). The molecule has 5 nitrogen and oxygen atoms in total. The van der Waals surface area contributed by atoms with Crippen molar-refractivity contribution in [3.63, 3.8) is 0 Å². The summed E-state index contributed by atoms with van der Waals surface area (Å²) in [5, 5.41) is 10.1. The molecule has 0 bridgehead atoms. The van der Waals surface area contributed by atoms with Crippen LogP contribution in [-0.2, 0) is 4.74 Å². The fourth-order valence-corrected chi connectivity index (χ4v) is 3.14. The maximum absolute atomic E-state index is 10.1. The quantitative estimate of drug-likeness (QED) is 0.887. The lowest BCUT2D eigenvalue weighted by molar-refractivity contribution is -0.0120. The zero-order chi connectivity index (χ0) is 16.2. The first-order chi connectivity index (χ1) is 11.1. The lowest BCUT2D eigenvalue weighted by Gasteiger charge is -2.32. The molecular weight excluding hydrogens is 292 g/mol. The number of benzene rings is 1. The van der Waals surface area contributed by atoms with E-state index in [4.69, 9.17) is 9.15 Å². The summed E-state index contributed by atoms with van der Waals surface area (Å²) < 4.78 is 11.4. The van der Waals surface area contributed by atoms with Crippen LogP contribution in [0.25, 0.3) is 11.1 Å². The maximum atomic E-state index is 10.1. The lowest BCUT2D eigenvalue weighted by atomic mass is 9.98. The molecule has 126 valence electrons. The number of aliphatic hydroxyl groups is 1. The Morgan fingerprint density at radius 2 is 2.22 bits per heavy atom. The fraction of sp³-hybridized carbons (Fsp3) is 0.611. The van der Waals surface area contributed by atoms with Gasteiger partial charge in [-0.2, -0.15) is 0 Å². The number of rotatable bonds is 6. The van der Waals surface area contributed by atoms with Gasteiger partial charge in [-0.15, -0.1) is 0 Å². The van der Waals surface area contributed by atoms with Crippen LogP contribution in [0.1, 0.15) is 38.5 Å². The van der Waals surface area contributed by atoms with E-state index in [1.807, 2.05) is 38.1 Å². The van der Waals surface area contributed by atoms with Crippen molar-refractivity contribution >= 4 is 11.1 Å². The second kappa shape index (κ2) is 7.43. The summed E-state index contributed by atoms with van der Waals surface area (Å²) in [5.41, 5.74) is 1.77. The Morgan fingerprint density at radius 3 is 3.00 bits per heavy atom. The molecular formula is C18H26N2O3. The highest BCUT2D eigenvalue weighted by Crippen LogP contribution is 2.28. The number of likely N-dealkylation sites (tertiary alicyclic amines) is 1. The van der Waals surface area contributed by atoms with E-state index in [-0.39, 0.29) is 6.10 Å². The minimum Gasteiger partial charge on any atom is -0.440 e. The van der Waals surface area contributed by atoms with Crippen molar-refractivity contribution < 1.29 is 14.3 Å². The summed E-state index contributed by atoms with van der Waals surface area (Å²) in [4.78, 5) is 6.92. The summed E-state index contributed by atoms with van der Waals surface area (Å²) in [6.07, 6.45) is 1.89. The van der Waals surface area contributed by atoms with Gasteiger partial charge in [-0.1, -0.05) is 12.1 Å². The molecule has 1 aliphatic rings. The zero-order valence-electron chi connectivity index (χ0n) is 13.9. The van der Waals surface area contributed by atoms with Crippen molar-refractivity contribution in [3.8, 4) is 0 Å². The summed E-state index contributed by atoms with van der Waals surface area (Å²) in [7, 11) is 0. The number of aromatic nitrogens is 1. The van der Waals surface area contributed by atoms with Gasteiger partial charge in [-0.25, -0.2) is 4.98 Å². The molecule has 5 heteroatoms. The van der Waals surface area contributed by atoms with Crippen LogP contribution in [0.3, 0.4) is 0 Å². The van der Waals surface area contributed by atoms with Gasteiger partial charge < -0.3 is 14.3 Å². The second-order valence-electron chi connectivity index (χ2n) is 6.65. The van der Waals surface area contributed by atoms with E-state index in [0.717, 1.165) is 42.9 Å². The van der Waals surface area contributed by atoms with Crippen LogP contribution in [0, 0.1) is 0 Å². The van der Waals surface area contributed by atoms with Crippen LogP contribution in [0.4, 0.5) is 0 Å². The number of para-hydroxylation sites is 2. The first-order valence-electron chi connectivity index (χ1n) is 8.49. The van der Waals surface area contributed by atoms with Crippen molar-refractivity contribution in [2.24, 2.45) is 0 Å². The molecule has 1 saturated heterocycles. The van der Waals surface area contributed by atoms with E-state index in [2.05, 4.69) is 9.88 Å². The molecule has 23 heavy (non-hydrogen) atoms. The Labute approximate surface area is 137 Å². The second-order valence-corrected chi connectivity index (χ2v) is 6.65. The van der Waals surface area contributed by atoms with Gasteiger partial charge in [0, 0.05) is 19.0 Å². The van der Waals surface area contributed by atoms with Crippen LogP contribution in [-0.4, -0.2) is 53.4 Å². The molecule has 1 aromatic carbocycles. The van der Waals surface area contributed by atoms with Gasteiger partial charge in [0.25, 0.3) is 0 Å². The molecule has 2 unspecified atom stereocenters. The average Bonchev–Trinajstić information content (AvgIpc) is 2.97. The number of ether oxygens (including phenoxy) is 1. The minimum absolute atomic E-state index is 0.151. The number of fused-ring (bicyclic) bond motifs is 1. The van der Waals surface area contributed by atoms with Crippen LogP contribution in [0.5, 0.6) is 0 Å². The zero-order valence-corrected chi connectivity index (χ0v) is 13.9. The Kier molecular flexibility index (Phi) is 5.30. The maximum Gasteiger partial charge on any atom is 0.199 e. The molecule has 0 saturated carbocycles. The number of oxazole rings is 1. The van der Waals surface area contributed by atoms with Crippen LogP contribution < -0.4 is 0 Å². The number of piperidine rings is 1. The monoisotopic (exact) mass is 318 g/mol. The van der Waals surface area contributed by atoms with Gasteiger partial charge in [0.2, 0.25) is 0 Å². The first-order valence-corrected chi connectivity index (χ1v) is 8.49. The van der Waals surface area contributed by atoms with E-state index >= 15 is 0 Å². The number of hydrogen-bond donors (Lipinski definition) is 1. The molecule has 1 aromatic heterocycles. The third-order valence-electron chi connectivity index (χ3n) is 4.26. The topological polar surface area (TPSA) is 58.7 Å². The molecule has 1 N–H and O–H groups in total. The van der Waals surface area contributed by atoms with Gasteiger partial charge in [-0.05, 0) is 45.4 Å². The minimum atomic E-state index is -0.445. The summed E-state index contributed by atoms with van der Waals surface area (Å²) in [5.74, 6) is 1.12. The predicted molar refractivity (Wildman–Crippen MR) is 89.5 cm³/mol. The Bertz CT molecular complexity index is 593. The number of nitrogens with zero attached hydrogens (tertiary/aromatic N) is 2. The third kappa shape index (κ3) is 4.31. The van der Waals surface area contributed by atoms with Crippen molar-refractivity contribution in [3.05, 3.63) is 30.2 Å². The summed E-state index contributed by atoms with van der Waals surface area (Å²) >= 11 is 0. The Balaban J connectivity index is 1.59. The van der Waals surface area contributed by atoms with Crippen molar-refractivity contribution in [1.82, 2.24) is 9.88 Å². The summed E-state index contributed by atoms with van der Waals surface area (Å²) in [6, 6.07) is 7.89. The highest BCUT2D eigenvalue weighted by Gasteiger charge is 2.26. The molecule has 1 aliphatic heterocycles. The number of β-amino-alcohol motifs (C(OH)–C–C–N with tert-alkyl or cyclic N) is 1. The van der Waals surface area contributed by atoms with E-state index in [1.165, 1.54) is 0 Å². The Morgan fingerprint density at radius 1 is 1.39 bits per heavy atom. The van der Waals surface area contributed by atoms with Crippen molar-refractivity contribution in [2.45, 2.75) is 44.8 Å². The van der Waals surface area contributed by atoms with Gasteiger partial charge in [-0.3, -0.25) is 4.90 Å². The molecule has 0 amide bonds. The largest absolute Gasteiger partial charge is 0.440 e.